The van der Waals surface area contributed by atoms with Crippen molar-refractivity contribution in [2.45, 2.75) is 13.0 Å². The third kappa shape index (κ3) is 5.21. The first kappa shape index (κ1) is 25.3. The number of carboxylic acids is 1. The minimum absolute atomic E-state index is 0.149. The number of rotatable bonds is 8. The number of pyridine rings is 4. The summed E-state index contributed by atoms with van der Waals surface area (Å²) in [6, 6.07) is 17.8. The van der Waals surface area contributed by atoms with Gasteiger partial charge < -0.3 is 20.1 Å². The summed E-state index contributed by atoms with van der Waals surface area (Å²) in [6.07, 6.45) is 5.99. The number of aliphatic carboxylic acids is 1. The maximum absolute atomic E-state index is 14.0. The first-order chi connectivity index (χ1) is 18.9. The molecule has 1 aromatic carbocycles. The van der Waals surface area contributed by atoms with E-state index in [1.807, 2.05) is 30.3 Å². The minimum atomic E-state index is -1.08. The van der Waals surface area contributed by atoms with Crippen LogP contribution in [-0.4, -0.2) is 48.2 Å². The lowest BCUT2D eigenvalue weighted by Gasteiger charge is -2.18. The highest BCUT2D eigenvalue weighted by Crippen LogP contribution is 2.36. The molecule has 194 valence electrons. The molecule has 3 N–H and O–H groups in total. The van der Waals surface area contributed by atoms with Crippen molar-refractivity contribution in [1.29, 1.82) is 0 Å². The zero-order valence-electron chi connectivity index (χ0n) is 20.6. The van der Waals surface area contributed by atoms with E-state index in [0.29, 0.717) is 16.6 Å². The van der Waals surface area contributed by atoms with Crippen molar-refractivity contribution in [3.05, 3.63) is 107 Å². The molecule has 0 fully saturated rings. The van der Waals surface area contributed by atoms with Gasteiger partial charge in [0, 0.05) is 53.4 Å². The maximum atomic E-state index is 14.0. The fraction of sp³-hybridized carbons (Fsp3) is 0.103. The lowest BCUT2D eigenvalue weighted by molar-refractivity contribution is -0.136. The van der Waals surface area contributed by atoms with Gasteiger partial charge in [0.2, 0.25) is 0 Å². The summed E-state index contributed by atoms with van der Waals surface area (Å²) in [5, 5.41) is 23.0. The third-order valence-electron chi connectivity index (χ3n) is 6.15. The smallest absolute Gasteiger partial charge is 0.305 e. The van der Waals surface area contributed by atoms with Gasteiger partial charge in [-0.2, -0.15) is 0 Å². The summed E-state index contributed by atoms with van der Waals surface area (Å²) in [6.45, 7) is 0.0206. The molecule has 4 aromatic heterocycles. The van der Waals surface area contributed by atoms with Gasteiger partial charge in [-0.15, -0.1) is 0 Å². The van der Waals surface area contributed by atoms with Gasteiger partial charge in [0.1, 0.15) is 0 Å². The monoisotopic (exact) mass is 521 g/mol. The van der Waals surface area contributed by atoms with Crippen molar-refractivity contribution in [2.24, 2.45) is 0 Å². The molecule has 10 nitrogen and oxygen atoms in total. The molecule has 10 heteroatoms. The second-order valence-corrected chi connectivity index (χ2v) is 8.74. The number of carbonyl (C=O) groups excluding carboxylic acids is 1. The minimum Gasteiger partial charge on any atom is -0.505 e. The van der Waals surface area contributed by atoms with Crippen LogP contribution in [0, 0.1) is 0 Å². The predicted octanol–water partition coefficient (Wildman–Crippen LogP) is 3.48. The molecule has 0 aliphatic rings. The quantitative estimate of drug-likeness (QED) is 0.281. The number of nitrogens with one attached hydrogen (secondary N) is 1. The molecule has 1 amide bonds. The van der Waals surface area contributed by atoms with Gasteiger partial charge in [-0.3, -0.25) is 24.4 Å². The largest absolute Gasteiger partial charge is 0.505 e. The van der Waals surface area contributed by atoms with Crippen LogP contribution in [0.3, 0.4) is 0 Å². The Morgan fingerprint density at radius 3 is 2.26 bits per heavy atom. The lowest BCUT2D eigenvalue weighted by atomic mass is 10.0. The number of hydrogen-bond acceptors (Lipinski definition) is 7. The average molecular weight is 522 g/mol. The molecular formula is C29H23N5O5. The number of aromatic hydroxyl groups is 1. The van der Waals surface area contributed by atoms with Crippen molar-refractivity contribution in [3.63, 3.8) is 0 Å². The Balaban J connectivity index is 1.83. The molecule has 0 unspecified atom stereocenters. The number of benzene rings is 1. The highest BCUT2D eigenvalue weighted by molar-refractivity contribution is 6.06. The van der Waals surface area contributed by atoms with E-state index in [2.05, 4.69) is 20.3 Å². The fourth-order valence-electron chi connectivity index (χ4n) is 4.32. The van der Waals surface area contributed by atoms with Gasteiger partial charge in [-0.1, -0.05) is 36.4 Å². The SMILES string of the molecule is O=C(O)CCNC(=O)c1nc(-c2cccnc2)c2c(cc(-c3cccnc3)c(=O)n2Cc2ccccc2)c1O. The van der Waals surface area contributed by atoms with E-state index < -0.39 is 17.6 Å². The van der Waals surface area contributed by atoms with Crippen LogP contribution in [-0.2, 0) is 11.3 Å². The van der Waals surface area contributed by atoms with E-state index in [9.17, 15) is 19.5 Å². The number of carboxylic acid groups (broad SMARTS) is 1. The van der Waals surface area contributed by atoms with Crippen molar-refractivity contribution < 1.29 is 19.8 Å². The van der Waals surface area contributed by atoms with E-state index >= 15 is 0 Å². The van der Waals surface area contributed by atoms with Gasteiger partial charge in [-0.05, 0) is 29.8 Å². The van der Waals surface area contributed by atoms with Crippen LogP contribution >= 0.6 is 0 Å². The number of carbonyl (C=O) groups is 2. The first-order valence-electron chi connectivity index (χ1n) is 12.1. The molecule has 0 atom stereocenters. The van der Waals surface area contributed by atoms with Crippen LogP contribution in [0.2, 0.25) is 0 Å². The second-order valence-electron chi connectivity index (χ2n) is 8.74. The molecule has 0 aliphatic carbocycles. The van der Waals surface area contributed by atoms with Gasteiger partial charge in [-0.25, -0.2) is 4.98 Å². The Morgan fingerprint density at radius 1 is 0.923 bits per heavy atom. The van der Waals surface area contributed by atoms with Crippen LogP contribution in [0.25, 0.3) is 33.3 Å². The first-order valence-corrected chi connectivity index (χ1v) is 12.1. The van der Waals surface area contributed by atoms with Crippen LogP contribution < -0.4 is 10.9 Å². The second kappa shape index (κ2) is 10.9. The summed E-state index contributed by atoms with van der Waals surface area (Å²) in [7, 11) is 0. The number of hydrogen-bond donors (Lipinski definition) is 3. The topological polar surface area (TPSA) is 147 Å². The molecule has 4 heterocycles. The molecule has 0 saturated carbocycles. The summed E-state index contributed by atoms with van der Waals surface area (Å²) in [4.78, 5) is 50.8. The van der Waals surface area contributed by atoms with Gasteiger partial charge in [0.25, 0.3) is 11.5 Å². The van der Waals surface area contributed by atoms with E-state index in [1.54, 1.807) is 49.1 Å². The van der Waals surface area contributed by atoms with E-state index in [-0.39, 0.29) is 47.4 Å². The van der Waals surface area contributed by atoms with Gasteiger partial charge in [0.15, 0.2) is 11.4 Å². The van der Waals surface area contributed by atoms with Crippen LogP contribution in [0.15, 0.2) is 90.2 Å². The Morgan fingerprint density at radius 2 is 1.62 bits per heavy atom. The van der Waals surface area contributed by atoms with Crippen LogP contribution in [0.4, 0.5) is 0 Å². The van der Waals surface area contributed by atoms with E-state index in [4.69, 9.17) is 5.11 Å². The summed E-state index contributed by atoms with van der Waals surface area (Å²) in [5.74, 6) is -2.25. The Hall–Kier alpha value is -5.38. The molecule has 0 saturated heterocycles. The lowest BCUT2D eigenvalue weighted by Crippen LogP contribution is -2.28. The van der Waals surface area contributed by atoms with Crippen LogP contribution in [0.5, 0.6) is 5.75 Å². The number of aromatic nitrogens is 4. The summed E-state index contributed by atoms with van der Waals surface area (Å²) >= 11 is 0. The Kier molecular flexibility index (Phi) is 7.09. The third-order valence-corrected chi connectivity index (χ3v) is 6.15. The van der Waals surface area contributed by atoms with Gasteiger partial charge in [0.05, 0.1) is 24.2 Å². The predicted molar refractivity (Wildman–Crippen MR) is 144 cm³/mol. The van der Waals surface area contributed by atoms with Gasteiger partial charge >= 0.3 is 5.97 Å². The molecule has 0 spiro atoms. The molecule has 0 radical (unpaired) electrons. The molecular weight excluding hydrogens is 498 g/mol. The highest BCUT2D eigenvalue weighted by Gasteiger charge is 2.24. The molecule has 5 rings (SSSR count). The molecule has 0 aliphatic heterocycles. The summed E-state index contributed by atoms with van der Waals surface area (Å²) < 4.78 is 1.52. The van der Waals surface area contributed by atoms with Crippen molar-refractivity contribution in [3.8, 4) is 28.1 Å². The summed E-state index contributed by atoms with van der Waals surface area (Å²) in [5.41, 5.74) is 2.15. The molecule has 0 bridgehead atoms. The van der Waals surface area contributed by atoms with Crippen molar-refractivity contribution >= 4 is 22.8 Å². The number of nitrogens with zero attached hydrogens (tertiary/aromatic N) is 4. The molecule has 5 aromatic rings. The van der Waals surface area contributed by atoms with Crippen LogP contribution in [0.1, 0.15) is 22.5 Å². The average Bonchev–Trinajstić information content (AvgIpc) is 2.96. The zero-order valence-corrected chi connectivity index (χ0v) is 20.6. The highest BCUT2D eigenvalue weighted by atomic mass is 16.4. The Labute approximate surface area is 222 Å². The fourth-order valence-corrected chi connectivity index (χ4v) is 4.32. The van der Waals surface area contributed by atoms with E-state index in [0.717, 1.165) is 5.56 Å². The Bertz CT molecular complexity index is 1720. The zero-order chi connectivity index (χ0) is 27.4. The normalized spacial score (nSPS) is 10.9. The number of fused-ring (bicyclic) bond motifs is 1. The van der Waals surface area contributed by atoms with Crippen molar-refractivity contribution in [2.75, 3.05) is 6.54 Å². The number of amides is 1. The molecule has 39 heavy (non-hydrogen) atoms. The van der Waals surface area contributed by atoms with E-state index in [1.165, 1.54) is 10.6 Å². The van der Waals surface area contributed by atoms with Crippen molar-refractivity contribution in [1.82, 2.24) is 24.8 Å². The maximum Gasteiger partial charge on any atom is 0.305 e. The standard InChI is InChI=1S/C29H23N5O5/c35-23(36)10-13-32-28(38)25-27(37)22-14-21(19-8-4-11-30-15-19)29(39)34(17-18-6-2-1-3-7-18)26(22)24(33-25)20-9-5-12-31-16-20/h1-9,11-12,14-16,37H,10,13,17H2,(H,32,38)(H,35,36).